The van der Waals surface area contributed by atoms with Gasteiger partial charge >= 0.3 is 0 Å². The van der Waals surface area contributed by atoms with Gasteiger partial charge in [-0.1, -0.05) is 121 Å². The maximum Gasteiger partial charge on any atom is 0.227 e. The van der Waals surface area contributed by atoms with Gasteiger partial charge < -0.3 is 8.98 Å². The monoisotopic (exact) mass is 791 g/mol. The maximum absolute atomic E-state index is 6.11. The van der Waals surface area contributed by atoms with Crippen molar-refractivity contribution >= 4 is 76.2 Å². The maximum atomic E-state index is 6.11. The molecule has 0 bridgehead atoms. The number of furan rings is 1. The molecule has 0 aliphatic rings. The molecule has 13 aromatic rings. The lowest BCUT2D eigenvalue weighted by atomic mass is 10.0. The lowest BCUT2D eigenvalue weighted by Gasteiger charge is -2.15. The number of nitrogens with zero attached hydrogens (tertiary/aromatic N) is 5. The highest BCUT2D eigenvalue weighted by Gasteiger charge is 2.20. The molecule has 6 heteroatoms. The van der Waals surface area contributed by atoms with Gasteiger partial charge in [-0.2, -0.15) is 0 Å². The van der Waals surface area contributed by atoms with Crippen molar-refractivity contribution in [1.29, 1.82) is 0 Å². The molecule has 0 radical (unpaired) electrons. The van der Waals surface area contributed by atoms with E-state index in [0.29, 0.717) is 23.2 Å². The van der Waals surface area contributed by atoms with Crippen molar-refractivity contribution in [2.75, 3.05) is 0 Å². The molecule has 0 spiro atoms. The number of hydrogen-bond donors (Lipinski definition) is 0. The first-order valence-corrected chi connectivity index (χ1v) is 20.8. The molecule has 0 aliphatic heterocycles. The average molecular weight is 792 g/mol. The summed E-state index contributed by atoms with van der Waals surface area (Å²) in [6, 6.07) is 68.7. The predicted molar refractivity (Wildman–Crippen MR) is 254 cm³/mol. The Labute approximate surface area is 355 Å². The van der Waals surface area contributed by atoms with Gasteiger partial charge in [-0.05, 0) is 111 Å². The number of pyridine rings is 1. The SMILES string of the molecule is c1ccc(-c2ccc3c(c2)c2cc4ccccc4cc2n3-c2cc(-c3nc(-c4ccc5ccccc5c4)nc(-c4ccc5oc6ncccc6c5c4)n3)cc3ccccc23)cc1. The number of hydrogen-bond acceptors (Lipinski definition) is 5. The number of aromatic nitrogens is 5. The van der Waals surface area contributed by atoms with Crippen molar-refractivity contribution in [3.05, 3.63) is 200 Å². The largest absolute Gasteiger partial charge is 0.438 e. The highest BCUT2D eigenvalue weighted by molar-refractivity contribution is 6.15. The fourth-order valence-corrected chi connectivity index (χ4v) is 9.22. The average Bonchev–Trinajstić information content (AvgIpc) is 3.87. The van der Waals surface area contributed by atoms with Crippen molar-refractivity contribution in [1.82, 2.24) is 24.5 Å². The highest BCUT2D eigenvalue weighted by atomic mass is 16.3. The Balaban J connectivity index is 1.07. The molecule has 13 rings (SSSR count). The minimum atomic E-state index is 0.574. The quantitative estimate of drug-likeness (QED) is 0.174. The molecule has 0 atom stereocenters. The van der Waals surface area contributed by atoms with Crippen molar-refractivity contribution in [3.8, 4) is 51.0 Å². The summed E-state index contributed by atoms with van der Waals surface area (Å²) < 4.78 is 8.53. The second kappa shape index (κ2) is 13.5. The third-order valence-corrected chi connectivity index (χ3v) is 12.2. The van der Waals surface area contributed by atoms with Crippen LogP contribution in [0.15, 0.2) is 205 Å². The van der Waals surface area contributed by atoms with Gasteiger partial charge in [0.25, 0.3) is 0 Å². The summed E-state index contributed by atoms with van der Waals surface area (Å²) >= 11 is 0. The molecule has 288 valence electrons. The van der Waals surface area contributed by atoms with Crippen LogP contribution in [0.2, 0.25) is 0 Å². The molecule has 6 nitrogen and oxygen atoms in total. The van der Waals surface area contributed by atoms with Crippen molar-refractivity contribution in [2.45, 2.75) is 0 Å². The first-order chi connectivity index (χ1) is 30.7. The topological polar surface area (TPSA) is 69.6 Å². The molecule has 0 amide bonds. The fraction of sp³-hybridized carbons (Fsp3) is 0. The third kappa shape index (κ3) is 5.51. The Bertz CT molecular complexity index is 3940. The Morgan fingerprint density at radius 3 is 1.76 bits per heavy atom. The van der Waals surface area contributed by atoms with Crippen molar-refractivity contribution < 1.29 is 4.42 Å². The molecule has 0 N–H and O–H groups in total. The lowest BCUT2D eigenvalue weighted by Crippen LogP contribution is -2.02. The molecule has 0 fully saturated rings. The minimum Gasteiger partial charge on any atom is -0.438 e. The first kappa shape index (κ1) is 34.4. The second-order valence-corrected chi connectivity index (χ2v) is 15.9. The highest BCUT2D eigenvalue weighted by Crippen LogP contribution is 2.41. The van der Waals surface area contributed by atoms with Crippen LogP contribution in [0, 0.1) is 0 Å². The fourth-order valence-electron chi connectivity index (χ4n) is 9.22. The standard InChI is InChI=1S/C56H33N5O/c1-2-11-34(12-3-1)39-22-24-49-46(30-39)47-29-37-15-6-7-16-38(37)32-51(47)61(49)50-33-43(28-40-17-8-9-18-44(40)50)55-59-53(41-21-20-35-13-4-5-14-36(35)27-41)58-54(60-55)42-23-25-52-48(31-42)45-19-10-26-57-56(45)62-52/h1-33H. The summed E-state index contributed by atoms with van der Waals surface area (Å²) in [5, 5.41) is 11.2. The molecule has 4 aromatic heterocycles. The predicted octanol–water partition coefficient (Wildman–Crippen LogP) is 14.4. The Morgan fingerprint density at radius 2 is 0.935 bits per heavy atom. The van der Waals surface area contributed by atoms with Gasteiger partial charge in [0, 0.05) is 49.8 Å². The van der Waals surface area contributed by atoms with Gasteiger partial charge in [-0.25, -0.2) is 19.9 Å². The minimum absolute atomic E-state index is 0.574. The summed E-state index contributed by atoms with van der Waals surface area (Å²) in [7, 11) is 0. The van der Waals surface area contributed by atoms with Gasteiger partial charge in [0.2, 0.25) is 5.71 Å². The van der Waals surface area contributed by atoms with Gasteiger partial charge in [-0.3, -0.25) is 0 Å². The summed E-state index contributed by atoms with van der Waals surface area (Å²) in [6.07, 6.45) is 1.75. The van der Waals surface area contributed by atoms with Crippen LogP contribution in [0.4, 0.5) is 0 Å². The number of rotatable bonds is 5. The molecule has 0 saturated heterocycles. The Morgan fingerprint density at radius 1 is 0.339 bits per heavy atom. The zero-order valence-corrected chi connectivity index (χ0v) is 33.2. The molecule has 4 heterocycles. The summed E-state index contributed by atoms with van der Waals surface area (Å²) in [5.41, 5.74) is 9.71. The molecule has 0 unspecified atom stereocenters. The van der Waals surface area contributed by atoms with Crippen LogP contribution in [0.1, 0.15) is 0 Å². The van der Waals surface area contributed by atoms with E-state index in [2.05, 4.69) is 179 Å². The van der Waals surface area contributed by atoms with E-state index in [1.165, 1.54) is 32.7 Å². The van der Waals surface area contributed by atoms with Crippen LogP contribution in [0.3, 0.4) is 0 Å². The number of fused-ring (bicyclic) bond motifs is 9. The van der Waals surface area contributed by atoms with E-state index in [4.69, 9.17) is 19.4 Å². The zero-order chi connectivity index (χ0) is 40.7. The van der Waals surface area contributed by atoms with Crippen molar-refractivity contribution in [2.24, 2.45) is 0 Å². The van der Waals surface area contributed by atoms with Gasteiger partial charge in [-0.15, -0.1) is 0 Å². The van der Waals surface area contributed by atoms with Gasteiger partial charge in [0.15, 0.2) is 17.5 Å². The summed E-state index contributed by atoms with van der Waals surface area (Å²) in [4.78, 5) is 20.2. The van der Waals surface area contributed by atoms with E-state index in [9.17, 15) is 0 Å². The number of benzene rings is 9. The van der Waals surface area contributed by atoms with E-state index in [-0.39, 0.29) is 0 Å². The van der Waals surface area contributed by atoms with Gasteiger partial charge in [0.1, 0.15) is 5.58 Å². The van der Waals surface area contributed by atoms with Crippen LogP contribution in [0.25, 0.3) is 127 Å². The van der Waals surface area contributed by atoms with E-state index in [0.717, 1.165) is 71.3 Å². The smallest absolute Gasteiger partial charge is 0.227 e. The molecule has 62 heavy (non-hydrogen) atoms. The first-order valence-electron chi connectivity index (χ1n) is 20.8. The van der Waals surface area contributed by atoms with Crippen LogP contribution in [-0.4, -0.2) is 24.5 Å². The van der Waals surface area contributed by atoms with Crippen LogP contribution >= 0.6 is 0 Å². The van der Waals surface area contributed by atoms with E-state index in [1.54, 1.807) is 6.20 Å². The lowest BCUT2D eigenvalue weighted by molar-refractivity contribution is 0.654. The zero-order valence-electron chi connectivity index (χ0n) is 33.2. The normalized spacial score (nSPS) is 11.9. The Kier molecular flexibility index (Phi) is 7.50. The summed E-state index contributed by atoms with van der Waals surface area (Å²) in [6.45, 7) is 0. The van der Waals surface area contributed by atoms with Crippen molar-refractivity contribution in [3.63, 3.8) is 0 Å². The van der Waals surface area contributed by atoms with E-state index < -0.39 is 0 Å². The van der Waals surface area contributed by atoms with Crippen LogP contribution in [-0.2, 0) is 0 Å². The molecule has 9 aromatic carbocycles. The Hall–Kier alpha value is -8.48. The molecular formula is C56H33N5O. The molecule has 0 saturated carbocycles. The van der Waals surface area contributed by atoms with Crippen LogP contribution in [0.5, 0.6) is 0 Å². The van der Waals surface area contributed by atoms with Gasteiger partial charge in [0.05, 0.1) is 16.7 Å². The van der Waals surface area contributed by atoms with E-state index >= 15 is 0 Å². The van der Waals surface area contributed by atoms with Crippen LogP contribution < -0.4 is 0 Å². The summed E-state index contributed by atoms with van der Waals surface area (Å²) in [5.74, 6) is 1.76. The molecular weight excluding hydrogens is 759 g/mol. The molecule has 0 aliphatic carbocycles. The second-order valence-electron chi connectivity index (χ2n) is 15.9. The van der Waals surface area contributed by atoms with E-state index in [1.807, 2.05) is 24.3 Å². The third-order valence-electron chi connectivity index (χ3n) is 12.2.